The average molecular weight is 317 g/mol. The maximum atomic E-state index is 12.8. The molecule has 2 rings (SSSR count). The van der Waals surface area contributed by atoms with Crippen molar-refractivity contribution < 1.29 is 27.7 Å². The summed E-state index contributed by atoms with van der Waals surface area (Å²) in [5.74, 6) is 0.712. The molecule has 1 N–H and O–H groups in total. The molecule has 1 aliphatic rings. The fourth-order valence-corrected chi connectivity index (χ4v) is 3.94. The maximum Gasteiger partial charge on any atom is 0.247 e. The molecule has 1 heterocycles. The third-order valence-corrected chi connectivity index (χ3v) is 5.33. The van der Waals surface area contributed by atoms with Crippen LogP contribution in [0.4, 0.5) is 0 Å². The van der Waals surface area contributed by atoms with E-state index in [1.54, 1.807) is 6.07 Å². The van der Waals surface area contributed by atoms with E-state index in [-0.39, 0.29) is 30.4 Å². The number of aliphatic hydroxyl groups is 1. The van der Waals surface area contributed by atoms with Crippen LogP contribution in [-0.2, 0) is 14.8 Å². The zero-order valence-corrected chi connectivity index (χ0v) is 12.8. The van der Waals surface area contributed by atoms with Crippen molar-refractivity contribution in [2.45, 2.75) is 10.9 Å². The van der Waals surface area contributed by atoms with Gasteiger partial charge in [0.05, 0.1) is 40.1 Å². The number of nitrogens with zero attached hydrogens (tertiary/aromatic N) is 1. The summed E-state index contributed by atoms with van der Waals surface area (Å²) in [5.41, 5.74) is 0. The third-order valence-electron chi connectivity index (χ3n) is 3.34. The topological polar surface area (TPSA) is 85.3 Å². The lowest BCUT2D eigenvalue weighted by Crippen LogP contribution is -2.50. The van der Waals surface area contributed by atoms with Gasteiger partial charge in [-0.05, 0) is 12.1 Å². The molecule has 0 aliphatic carbocycles. The average Bonchev–Trinajstić information content (AvgIpc) is 2.53. The lowest BCUT2D eigenvalue weighted by Gasteiger charge is -2.33. The number of aliphatic hydroxyl groups excluding tert-OH is 1. The molecule has 1 aromatic carbocycles. The van der Waals surface area contributed by atoms with E-state index in [2.05, 4.69) is 0 Å². The van der Waals surface area contributed by atoms with E-state index in [1.165, 1.54) is 30.7 Å². The summed E-state index contributed by atoms with van der Waals surface area (Å²) in [6.07, 6.45) is 0. The monoisotopic (exact) mass is 317 g/mol. The number of benzene rings is 1. The number of methoxy groups -OCH3 is 2. The molecule has 0 aromatic heterocycles. The molecular weight excluding hydrogens is 298 g/mol. The second-order valence-electron chi connectivity index (χ2n) is 4.54. The van der Waals surface area contributed by atoms with Gasteiger partial charge in [-0.15, -0.1) is 0 Å². The number of sulfonamides is 1. The first-order valence-electron chi connectivity index (χ1n) is 6.47. The molecule has 0 radical (unpaired) electrons. The lowest BCUT2D eigenvalue weighted by atomic mass is 10.3. The molecule has 1 unspecified atom stereocenters. The quantitative estimate of drug-likeness (QED) is 0.828. The molecule has 0 bridgehead atoms. The molecule has 1 aliphatic heterocycles. The third kappa shape index (κ3) is 3.13. The zero-order valence-electron chi connectivity index (χ0n) is 12.0. The number of ether oxygens (including phenoxy) is 3. The van der Waals surface area contributed by atoms with Crippen LogP contribution in [0.15, 0.2) is 23.1 Å². The molecule has 118 valence electrons. The van der Waals surface area contributed by atoms with Crippen LogP contribution in [0.2, 0.25) is 0 Å². The van der Waals surface area contributed by atoms with E-state index in [9.17, 15) is 13.5 Å². The summed E-state index contributed by atoms with van der Waals surface area (Å²) in [7, 11) is -0.886. The first-order valence-corrected chi connectivity index (χ1v) is 7.91. The summed E-state index contributed by atoms with van der Waals surface area (Å²) in [4.78, 5) is 0.0474. The van der Waals surface area contributed by atoms with Gasteiger partial charge in [0.2, 0.25) is 10.0 Å². The molecule has 7 nitrogen and oxygen atoms in total. The normalized spacial score (nSPS) is 20.2. The van der Waals surface area contributed by atoms with Crippen molar-refractivity contribution in [3.05, 3.63) is 18.2 Å². The summed E-state index contributed by atoms with van der Waals surface area (Å²) in [6, 6.07) is 3.93. The first kappa shape index (κ1) is 16.0. The summed E-state index contributed by atoms with van der Waals surface area (Å²) in [5, 5.41) is 9.34. The van der Waals surface area contributed by atoms with E-state index in [1.807, 2.05) is 0 Å². The molecule has 0 spiro atoms. The Balaban J connectivity index is 2.43. The van der Waals surface area contributed by atoms with Gasteiger partial charge < -0.3 is 19.3 Å². The van der Waals surface area contributed by atoms with Crippen molar-refractivity contribution in [3.8, 4) is 11.5 Å². The highest BCUT2D eigenvalue weighted by atomic mass is 32.2. The van der Waals surface area contributed by atoms with Crippen LogP contribution in [0.25, 0.3) is 0 Å². The van der Waals surface area contributed by atoms with Crippen LogP contribution in [0.1, 0.15) is 0 Å². The van der Waals surface area contributed by atoms with Crippen LogP contribution >= 0.6 is 0 Å². The Kier molecular flexibility index (Phi) is 5.04. The van der Waals surface area contributed by atoms with E-state index < -0.39 is 16.1 Å². The van der Waals surface area contributed by atoms with E-state index in [4.69, 9.17) is 14.2 Å². The van der Waals surface area contributed by atoms with Gasteiger partial charge in [0.15, 0.2) is 0 Å². The SMILES string of the molecule is COc1ccc(S(=O)(=O)N2CCOCC2CO)c(OC)c1. The summed E-state index contributed by atoms with van der Waals surface area (Å²) >= 11 is 0. The van der Waals surface area contributed by atoms with Crippen molar-refractivity contribution in [2.24, 2.45) is 0 Å². The molecule has 0 amide bonds. The van der Waals surface area contributed by atoms with Gasteiger partial charge in [0, 0.05) is 12.6 Å². The van der Waals surface area contributed by atoms with Crippen molar-refractivity contribution in [1.29, 1.82) is 0 Å². The standard InChI is InChI=1S/C13H19NO6S/c1-18-11-3-4-13(12(7-11)19-2)21(16,17)14-5-6-20-9-10(14)8-15/h3-4,7,10,15H,5-6,8-9H2,1-2H3. The van der Waals surface area contributed by atoms with E-state index in [0.29, 0.717) is 12.4 Å². The Morgan fingerprint density at radius 3 is 2.76 bits per heavy atom. The lowest BCUT2D eigenvalue weighted by molar-refractivity contribution is 0.0108. The minimum absolute atomic E-state index is 0.0474. The van der Waals surface area contributed by atoms with Gasteiger partial charge >= 0.3 is 0 Å². The highest BCUT2D eigenvalue weighted by molar-refractivity contribution is 7.89. The number of hydrogen-bond donors (Lipinski definition) is 1. The van der Waals surface area contributed by atoms with Gasteiger partial charge in [0.25, 0.3) is 0 Å². The van der Waals surface area contributed by atoms with Gasteiger partial charge in [-0.3, -0.25) is 0 Å². The first-order chi connectivity index (χ1) is 10.0. The smallest absolute Gasteiger partial charge is 0.247 e. The van der Waals surface area contributed by atoms with Crippen molar-refractivity contribution in [1.82, 2.24) is 4.31 Å². The largest absolute Gasteiger partial charge is 0.497 e. The van der Waals surface area contributed by atoms with E-state index >= 15 is 0 Å². The minimum atomic E-state index is -3.78. The predicted molar refractivity (Wildman–Crippen MR) is 75.1 cm³/mol. The Bertz CT molecular complexity index is 588. The van der Waals surface area contributed by atoms with Crippen LogP contribution < -0.4 is 9.47 Å². The number of rotatable bonds is 5. The van der Waals surface area contributed by atoms with Gasteiger partial charge in [-0.25, -0.2) is 8.42 Å². The highest BCUT2D eigenvalue weighted by Gasteiger charge is 2.35. The minimum Gasteiger partial charge on any atom is -0.497 e. The van der Waals surface area contributed by atoms with Crippen molar-refractivity contribution in [2.75, 3.05) is 40.6 Å². The molecule has 0 saturated carbocycles. The Hall–Kier alpha value is -1.35. The van der Waals surface area contributed by atoms with Crippen LogP contribution in [0, 0.1) is 0 Å². The molecule has 1 fully saturated rings. The highest BCUT2D eigenvalue weighted by Crippen LogP contribution is 2.31. The van der Waals surface area contributed by atoms with Gasteiger partial charge in [0.1, 0.15) is 16.4 Å². The van der Waals surface area contributed by atoms with E-state index in [0.717, 1.165) is 0 Å². The fourth-order valence-electron chi connectivity index (χ4n) is 2.21. The Morgan fingerprint density at radius 1 is 1.38 bits per heavy atom. The molecule has 21 heavy (non-hydrogen) atoms. The fraction of sp³-hybridized carbons (Fsp3) is 0.538. The van der Waals surface area contributed by atoms with Gasteiger partial charge in [-0.1, -0.05) is 0 Å². The summed E-state index contributed by atoms with van der Waals surface area (Å²) in [6.45, 7) is 0.378. The summed E-state index contributed by atoms with van der Waals surface area (Å²) < 4.78 is 42.2. The Labute approximate surface area is 124 Å². The molecule has 1 aromatic rings. The molecular formula is C13H19NO6S. The van der Waals surface area contributed by atoms with Crippen molar-refractivity contribution >= 4 is 10.0 Å². The number of morpholine rings is 1. The van der Waals surface area contributed by atoms with Crippen molar-refractivity contribution in [3.63, 3.8) is 0 Å². The maximum absolute atomic E-state index is 12.8. The van der Waals surface area contributed by atoms with Crippen LogP contribution in [-0.4, -0.2) is 64.5 Å². The van der Waals surface area contributed by atoms with Crippen LogP contribution in [0.3, 0.4) is 0 Å². The second-order valence-corrected chi connectivity index (χ2v) is 6.40. The molecule has 8 heteroatoms. The van der Waals surface area contributed by atoms with Crippen LogP contribution in [0.5, 0.6) is 11.5 Å². The second kappa shape index (κ2) is 6.61. The zero-order chi connectivity index (χ0) is 15.5. The number of hydrogen-bond acceptors (Lipinski definition) is 6. The Morgan fingerprint density at radius 2 is 2.14 bits per heavy atom. The van der Waals surface area contributed by atoms with Gasteiger partial charge in [-0.2, -0.15) is 4.31 Å². The molecule has 1 atom stereocenters. The molecule has 1 saturated heterocycles. The predicted octanol–water partition coefficient (Wildman–Crippen LogP) is 0.0856.